The van der Waals surface area contributed by atoms with E-state index in [9.17, 15) is 18.0 Å². The Morgan fingerprint density at radius 2 is 2.10 bits per heavy atom. The molecule has 0 atom stereocenters. The van der Waals surface area contributed by atoms with Gasteiger partial charge in [-0.1, -0.05) is 6.07 Å². The Kier molecular flexibility index (Phi) is 5.95. The van der Waals surface area contributed by atoms with Crippen LogP contribution >= 0.6 is 27.3 Å². The van der Waals surface area contributed by atoms with Gasteiger partial charge in [0.2, 0.25) is 0 Å². The first-order chi connectivity index (χ1) is 14.3. The fourth-order valence-electron chi connectivity index (χ4n) is 3.48. The number of anilines is 1. The van der Waals surface area contributed by atoms with Gasteiger partial charge in [0.1, 0.15) is 0 Å². The van der Waals surface area contributed by atoms with Gasteiger partial charge >= 0.3 is 6.18 Å². The Labute approximate surface area is 183 Å². The van der Waals surface area contributed by atoms with E-state index in [2.05, 4.69) is 31.1 Å². The highest BCUT2D eigenvalue weighted by molar-refractivity contribution is 9.10. The minimum Gasteiger partial charge on any atom is -0.322 e. The van der Waals surface area contributed by atoms with Crippen LogP contribution in [0, 0.1) is 0 Å². The summed E-state index contributed by atoms with van der Waals surface area (Å²) in [4.78, 5) is 20.3. The molecule has 0 saturated heterocycles. The van der Waals surface area contributed by atoms with E-state index in [-0.39, 0.29) is 11.6 Å². The molecule has 1 aromatic carbocycles. The molecule has 3 aromatic rings. The van der Waals surface area contributed by atoms with Gasteiger partial charge in [0, 0.05) is 52.4 Å². The number of fused-ring (bicyclic) bond motifs is 1. The third-order valence-corrected chi connectivity index (χ3v) is 6.33. The summed E-state index contributed by atoms with van der Waals surface area (Å²) < 4.78 is 39.6. The van der Waals surface area contributed by atoms with Crippen molar-refractivity contribution in [3.05, 3.63) is 79.7 Å². The van der Waals surface area contributed by atoms with Crippen LogP contribution in [-0.2, 0) is 25.7 Å². The zero-order valence-corrected chi connectivity index (χ0v) is 18.1. The quantitative estimate of drug-likeness (QED) is 0.502. The third kappa shape index (κ3) is 4.74. The van der Waals surface area contributed by atoms with E-state index in [0.717, 1.165) is 52.2 Å². The monoisotopic (exact) mass is 495 g/mol. The normalized spacial score (nSPS) is 14.4. The maximum Gasteiger partial charge on any atom is 0.416 e. The largest absolute Gasteiger partial charge is 0.416 e. The smallest absolute Gasteiger partial charge is 0.322 e. The highest BCUT2D eigenvalue weighted by atomic mass is 79.9. The zero-order chi connectivity index (χ0) is 21.3. The first-order valence-corrected chi connectivity index (χ1v) is 10.9. The van der Waals surface area contributed by atoms with Crippen molar-refractivity contribution in [3.63, 3.8) is 0 Å². The average molecular weight is 496 g/mol. The molecule has 1 aliphatic rings. The molecule has 0 bridgehead atoms. The van der Waals surface area contributed by atoms with E-state index in [1.807, 2.05) is 12.3 Å². The number of benzene rings is 1. The van der Waals surface area contributed by atoms with Gasteiger partial charge in [0.15, 0.2) is 0 Å². The number of nitrogens with one attached hydrogen (secondary N) is 1. The molecule has 3 heterocycles. The Balaban J connectivity index is 1.45. The minimum absolute atomic E-state index is 0.134. The van der Waals surface area contributed by atoms with Crippen molar-refractivity contribution >= 4 is 38.9 Å². The van der Waals surface area contributed by atoms with Crippen LogP contribution in [0.25, 0.3) is 0 Å². The highest BCUT2D eigenvalue weighted by Gasteiger charge is 2.31. The number of hydrogen-bond acceptors (Lipinski definition) is 4. The lowest BCUT2D eigenvalue weighted by atomic mass is 10.0. The standard InChI is InChI=1S/C21H17BrF3N3OS/c22-15-6-13(8-26-9-15)10-28-5-4-17-18(12-30-19(17)11-28)20(29)27-16-3-1-2-14(7-16)21(23,24)25/h1-3,6-9,12H,4-5,10-11H2,(H,27,29). The summed E-state index contributed by atoms with van der Waals surface area (Å²) in [6, 6.07) is 6.71. The summed E-state index contributed by atoms with van der Waals surface area (Å²) in [6.45, 7) is 2.28. The lowest BCUT2D eigenvalue weighted by Gasteiger charge is -2.27. The molecule has 0 spiro atoms. The van der Waals surface area contributed by atoms with Gasteiger partial charge < -0.3 is 5.32 Å². The van der Waals surface area contributed by atoms with Crippen LogP contribution in [0.5, 0.6) is 0 Å². The van der Waals surface area contributed by atoms with Crippen molar-refractivity contribution < 1.29 is 18.0 Å². The topological polar surface area (TPSA) is 45.2 Å². The molecule has 30 heavy (non-hydrogen) atoms. The first-order valence-electron chi connectivity index (χ1n) is 9.19. The summed E-state index contributed by atoms with van der Waals surface area (Å²) in [7, 11) is 0. The fraction of sp³-hybridized carbons (Fsp3) is 0.238. The molecule has 0 fully saturated rings. The van der Waals surface area contributed by atoms with Crippen molar-refractivity contribution in [1.82, 2.24) is 9.88 Å². The number of amides is 1. The predicted octanol–water partition coefficient (Wildman–Crippen LogP) is 5.74. The van der Waals surface area contributed by atoms with Crippen LogP contribution in [-0.4, -0.2) is 22.3 Å². The number of carbonyl (C=O) groups excluding carboxylic acids is 1. The Morgan fingerprint density at radius 3 is 2.87 bits per heavy atom. The molecule has 1 aliphatic heterocycles. The van der Waals surface area contributed by atoms with E-state index < -0.39 is 11.7 Å². The number of aromatic nitrogens is 1. The van der Waals surface area contributed by atoms with Crippen molar-refractivity contribution in [2.45, 2.75) is 25.7 Å². The maximum absolute atomic E-state index is 12.9. The molecule has 0 aliphatic carbocycles. The van der Waals surface area contributed by atoms with E-state index >= 15 is 0 Å². The molecular formula is C21H17BrF3N3OS. The van der Waals surface area contributed by atoms with E-state index in [1.165, 1.54) is 23.5 Å². The van der Waals surface area contributed by atoms with E-state index in [0.29, 0.717) is 12.0 Å². The van der Waals surface area contributed by atoms with Crippen molar-refractivity contribution in [3.8, 4) is 0 Å². The molecule has 0 radical (unpaired) electrons. The molecular weight excluding hydrogens is 479 g/mol. The highest BCUT2D eigenvalue weighted by Crippen LogP contribution is 2.32. The van der Waals surface area contributed by atoms with E-state index in [4.69, 9.17) is 0 Å². The summed E-state index contributed by atoms with van der Waals surface area (Å²) in [5, 5.41) is 4.39. The Bertz CT molecular complexity index is 1080. The maximum atomic E-state index is 12.9. The van der Waals surface area contributed by atoms with Gasteiger partial charge in [-0.3, -0.25) is 14.7 Å². The lowest BCUT2D eigenvalue weighted by molar-refractivity contribution is -0.137. The molecule has 1 amide bonds. The fourth-order valence-corrected chi connectivity index (χ4v) is 5.01. The number of hydrogen-bond donors (Lipinski definition) is 1. The average Bonchev–Trinajstić information content (AvgIpc) is 3.11. The minimum atomic E-state index is -4.45. The second kappa shape index (κ2) is 8.49. The number of rotatable bonds is 4. The lowest BCUT2D eigenvalue weighted by Crippen LogP contribution is -2.30. The second-order valence-corrected chi connectivity index (χ2v) is 8.94. The Morgan fingerprint density at radius 1 is 1.27 bits per heavy atom. The molecule has 4 rings (SSSR count). The van der Waals surface area contributed by atoms with Crippen molar-refractivity contribution in [2.75, 3.05) is 11.9 Å². The summed E-state index contributed by atoms with van der Waals surface area (Å²) in [6.07, 6.45) is -0.157. The van der Waals surface area contributed by atoms with Gasteiger partial charge in [-0.25, -0.2) is 0 Å². The van der Waals surface area contributed by atoms with Gasteiger partial charge in [0.05, 0.1) is 11.1 Å². The molecule has 0 unspecified atom stereocenters. The molecule has 1 N–H and O–H groups in total. The second-order valence-electron chi connectivity index (χ2n) is 7.06. The van der Waals surface area contributed by atoms with Crippen LogP contribution in [0.2, 0.25) is 0 Å². The van der Waals surface area contributed by atoms with Gasteiger partial charge in [-0.2, -0.15) is 13.2 Å². The number of pyridine rings is 1. The van der Waals surface area contributed by atoms with Crippen molar-refractivity contribution in [2.24, 2.45) is 0 Å². The predicted molar refractivity (Wildman–Crippen MR) is 113 cm³/mol. The van der Waals surface area contributed by atoms with Gasteiger partial charge in [0.25, 0.3) is 5.91 Å². The summed E-state index contributed by atoms with van der Waals surface area (Å²) in [5.41, 5.74) is 1.97. The molecule has 2 aromatic heterocycles. The van der Waals surface area contributed by atoms with Crippen LogP contribution in [0.15, 0.2) is 52.6 Å². The SMILES string of the molecule is O=C(Nc1cccc(C(F)(F)F)c1)c1csc2c1CCN(Cc1cncc(Br)c1)C2. The van der Waals surface area contributed by atoms with Gasteiger partial charge in [-0.15, -0.1) is 11.3 Å². The van der Waals surface area contributed by atoms with Crippen LogP contribution in [0.4, 0.5) is 18.9 Å². The molecule has 0 saturated carbocycles. The summed E-state index contributed by atoms with van der Waals surface area (Å²) >= 11 is 4.94. The third-order valence-electron chi connectivity index (χ3n) is 4.89. The van der Waals surface area contributed by atoms with Crippen molar-refractivity contribution in [1.29, 1.82) is 0 Å². The number of nitrogens with zero attached hydrogens (tertiary/aromatic N) is 2. The number of thiophene rings is 1. The summed E-state index contributed by atoms with van der Waals surface area (Å²) in [5.74, 6) is -0.378. The first kappa shape index (κ1) is 21.0. The van der Waals surface area contributed by atoms with Crippen LogP contribution in [0.3, 0.4) is 0 Å². The number of carbonyl (C=O) groups is 1. The van der Waals surface area contributed by atoms with Crippen LogP contribution in [0.1, 0.15) is 31.9 Å². The molecule has 156 valence electrons. The van der Waals surface area contributed by atoms with E-state index in [1.54, 1.807) is 11.6 Å². The number of halogens is 4. The van der Waals surface area contributed by atoms with Crippen LogP contribution < -0.4 is 5.32 Å². The molecule has 9 heteroatoms. The Hall–Kier alpha value is -2.23. The number of alkyl halides is 3. The molecule has 4 nitrogen and oxygen atoms in total. The van der Waals surface area contributed by atoms with Gasteiger partial charge in [-0.05, 0) is 57.7 Å². The zero-order valence-electron chi connectivity index (χ0n) is 15.7.